The molecule has 2 aromatic carbocycles. The number of halogens is 4. The number of hydrogen-bond donors (Lipinski definition) is 2. The summed E-state index contributed by atoms with van der Waals surface area (Å²) in [5.41, 5.74) is -1.53. The lowest BCUT2D eigenvalue weighted by molar-refractivity contribution is -0.140. The molecule has 3 aromatic rings. The van der Waals surface area contributed by atoms with Crippen LogP contribution in [-0.2, 0) is 16.2 Å². The molecule has 0 radical (unpaired) electrons. The molecule has 0 fully saturated rings. The topological polar surface area (TPSA) is 74.8 Å². The quantitative estimate of drug-likeness (QED) is 0.522. The number of aromatic amines is 1. The highest BCUT2D eigenvalue weighted by Crippen LogP contribution is 2.41. The van der Waals surface area contributed by atoms with Crippen LogP contribution in [-0.4, -0.2) is 24.9 Å². The van der Waals surface area contributed by atoms with Gasteiger partial charge in [0, 0.05) is 4.90 Å². The van der Waals surface area contributed by atoms with Gasteiger partial charge in [0.25, 0.3) is 10.0 Å². The first-order chi connectivity index (χ1) is 13.1. The first-order valence-electron chi connectivity index (χ1n) is 7.71. The minimum absolute atomic E-state index is 0.0784. The molecular formula is C17H13ClF3N3O2S2. The highest BCUT2D eigenvalue weighted by atomic mass is 35.5. The van der Waals surface area contributed by atoms with Gasteiger partial charge in [0.05, 0.1) is 15.5 Å². The lowest BCUT2D eigenvalue weighted by Crippen LogP contribution is -2.14. The number of hydrogen-bond acceptors (Lipinski definition) is 4. The summed E-state index contributed by atoms with van der Waals surface area (Å²) in [4.78, 5) is 0.571. The minimum Gasteiger partial charge on any atom is -0.271 e. The van der Waals surface area contributed by atoms with Crippen LogP contribution >= 0.6 is 23.4 Å². The van der Waals surface area contributed by atoms with E-state index in [0.29, 0.717) is 4.90 Å². The number of aromatic nitrogens is 2. The SMILES string of the molecule is CSc1ccc(-c2c(NS(=O)(=O)c3ccccc3)n[nH]c2C(F)(F)F)cc1Cl. The van der Waals surface area contributed by atoms with Crippen LogP contribution in [0, 0.1) is 0 Å². The lowest BCUT2D eigenvalue weighted by atomic mass is 10.1. The van der Waals surface area contributed by atoms with Crippen molar-refractivity contribution in [2.75, 3.05) is 11.0 Å². The van der Waals surface area contributed by atoms with Gasteiger partial charge in [-0.25, -0.2) is 8.42 Å². The Morgan fingerprint density at radius 3 is 2.39 bits per heavy atom. The first-order valence-corrected chi connectivity index (χ1v) is 10.8. The summed E-state index contributed by atoms with van der Waals surface area (Å²) >= 11 is 7.46. The molecule has 11 heteroatoms. The van der Waals surface area contributed by atoms with E-state index in [0.717, 1.165) is 0 Å². The molecule has 0 saturated carbocycles. The molecule has 0 aliphatic rings. The third-order valence-corrected chi connectivity index (χ3v) is 6.35. The number of thioether (sulfide) groups is 1. The van der Waals surface area contributed by atoms with Gasteiger partial charge in [0.1, 0.15) is 5.69 Å². The Morgan fingerprint density at radius 1 is 1.14 bits per heavy atom. The van der Waals surface area contributed by atoms with Gasteiger partial charge >= 0.3 is 6.18 Å². The molecule has 5 nitrogen and oxygen atoms in total. The van der Waals surface area contributed by atoms with Gasteiger partial charge in [-0.05, 0) is 36.1 Å². The number of nitrogens with zero attached hydrogens (tertiary/aromatic N) is 1. The molecule has 2 N–H and O–H groups in total. The molecular weight excluding hydrogens is 435 g/mol. The molecule has 0 aliphatic heterocycles. The first kappa shape index (κ1) is 20.6. The number of H-pyrrole nitrogens is 1. The average molecular weight is 448 g/mol. The fourth-order valence-corrected chi connectivity index (χ4v) is 4.42. The van der Waals surface area contributed by atoms with Gasteiger partial charge in [-0.15, -0.1) is 11.8 Å². The predicted octanol–water partition coefficient (Wildman–Crippen LogP) is 5.27. The van der Waals surface area contributed by atoms with Crippen LogP contribution in [0.1, 0.15) is 5.69 Å². The van der Waals surface area contributed by atoms with Crippen LogP contribution in [0.15, 0.2) is 58.3 Å². The smallest absolute Gasteiger partial charge is 0.271 e. The Morgan fingerprint density at radius 2 is 1.82 bits per heavy atom. The van der Waals surface area contributed by atoms with Crippen molar-refractivity contribution in [1.82, 2.24) is 10.2 Å². The van der Waals surface area contributed by atoms with Gasteiger partial charge in [-0.1, -0.05) is 35.9 Å². The predicted molar refractivity (Wildman–Crippen MR) is 103 cm³/mol. The van der Waals surface area contributed by atoms with Crippen LogP contribution < -0.4 is 4.72 Å². The molecule has 148 valence electrons. The van der Waals surface area contributed by atoms with Gasteiger partial charge in [0.2, 0.25) is 0 Å². The van der Waals surface area contributed by atoms with E-state index < -0.39 is 33.3 Å². The van der Waals surface area contributed by atoms with Crippen LogP contribution in [0.5, 0.6) is 0 Å². The second-order valence-electron chi connectivity index (χ2n) is 5.59. The standard InChI is InChI=1S/C17H13ClF3N3O2S2/c1-27-13-8-7-10(9-12(13)18)14-15(17(19,20)21)22-23-16(14)24-28(25,26)11-5-3-2-4-6-11/h2-9H,1H3,(H2,22,23,24). The van der Waals surface area contributed by atoms with E-state index in [1.165, 1.54) is 48.2 Å². The molecule has 0 amide bonds. The summed E-state index contributed by atoms with van der Waals surface area (Å²) < 4.78 is 67.6. The summed E-state index contributed by atoms with van der Waals surface area (Å²) in [6.45, 7) is 0. The largest absolute Gasteiger partial charge is 0.433 e. The van der Waals surface area contributed by atoms with E-state index in [1.807, 2.05) is 5.10 Å². The van der Waals surface area contributed by atoms with Gasteiger partial charge < -0.3 is 0 Å². The normalized spacial score (nSPS) is 12.2. The van der Waals surface area contributed by atoms with Gasteiger partial charge in [-0.3, -0.25) is 9.82 Å². The maximum atomic E-state index is 13.5. The van der Waals surface area contributed by atoms with Crippen LogP contribution in [0.25, 0.3) is 11.1 Å². The number of sulfonamides is 1. The number of rotatable bonds is 5. The van der Waals surface area contributed by atoms with E-state index in [-0.39, 0.29) is 15.5 Å². The Bertz CT molecular complexity index is 1100. The van der Waals surface area contributed by atoms with Crippen LogP contribution in [0.2, 0.25) is 5.02 Å². The highest BCUT2D eigenvalue weighted by molar-refractivity contribution is 7.98. The van der Waals surface area contributed by atoms with Crippen molar-refractivity contribution in [2.24, 2.45) is 0 Å². The number of nitrogens with one attached hydrogen (secondary N) is 2. The van der Waals surface area contributed by atoms with Crippen molar-refractivity contribution in [1.29, 1.82) is 0 Å². The van der Waals surface area contributed by atoms with Crippen molar-refractivity contribution < 1.29 is 21.6 Å². The van der Waals surface area contributed by atoms with Gasteiger partial charge in [0.15, 0.2) is 5.82 Å². The van der Waals surface area contributed by atoms with E-state index in [4.69, 9.17) is 11.6 Å². The molecule has 28 heavy (non-hydrogen) atoms. The zero-order valence-corrected chi connectivity index (χ0v) is 16.6. The third kappa shape index (κ3) is 4.13. The third-order valence-electron chi connectivity index (χ3n) is 3.77. The molecule has 0 aliphatic carbocycles. The van der Waals surface area contributed by atoms with Crippen LogP contribution in [0.3, 0.4) is 0 Å². The van der Waals surface area contributed by atoms with Crippen molar-refractivity contribution in [3.05, 3.63) is 59.2 Å². The average Bonchev–Trinajstić information content (AvgIpc) is 3.05. The zero-order valence-electron chi connectivity index (χ0n) is 14.2. The van der Waals surface area contributed by atoms with E-state index in [1.54, 1.807) is 18.4 Å². The Kier molecular flexibility index (Phi) is 5.64. The molecule has 0 unspecified atom stereocenters. The summed E-state index contributed by atoms with van der Waals surface area (Å²) in [7, 11) is -4.14. The Balaban J connectivity index is 2.13. The summed E-state index contributed by atoms with van der Waals surface area (Å²) in [6, 6.07) is 11.6. The maximum absolute atomic E-state index is 13.5. The van der Waals surface area contributed by atoms with Crippen molar-refractivity contribution in [3.8, 4) is 11.1 Å². The molecule has 3 rings (SSSR count). The van der Waals surface area contributed by atoms with Crippen molar-refractivity contribution in [2.45, 2.75) is 16.0 Å². The molecule has 1 heterocycles. The molecule has 0 saturated heterocycles. The summed E-state index contributed by atoms with van der Waals surface area (Å²) in [5, 5.41) is 5.69. The summed E-state index contributed by atoms with van der Waals surface area (Å²) in [5.74, 6) is -0.468. The minimum atomic E-state index is -4.77. The molecule has 1 aromatic heterocycles. The maximum Gasteiger partial charge on any atom is 0.433 e. The summed E-state index contributed by atoms with van der Waals surface area (Å²) in [6.07, 6.45) is -3.00. The zero-order chi connectivity index (χ0) is 20.5. The van der Waals surface area contributed by atoms with E-state index in [2.05, 4.69) is 9.82 Å². The van der Waals surface area contributed by atoms with E-state index >= 15 is 0 Å². The lowest BCUT2D eigenvalue weighted by Gasteiger charge is -2.12. The molecule has 0 bridgehead atoms. The monoisotopic (exact) mass is 447 g/mol. The second-order valence-corrected chi connectivity index (χ2v) is 8.53. The van der Waals surface area contributed by atoms with Gasteiger partial charge in [-0.2, -0.15) is 18.3 Å². The Labute approximate surface area is 168 Å². The molecule has 0 spiro atoms. The number of alkyl halides is 3. The fourth-order valence-electron chi connectivity index (χ4n) is 2.51. The number of anilines is 1. The van der Waals surface area contributed by atoms with Crippen molar-refractivity contribution in [3.63, 3.8) is 0 Å². The number of benzene rings is 2. The highest BCUT2D eigenvalue weighted by Gasteiger charge is 2.38. The van der Waals surface area contributed by atoms with Crippen LogP contribution in [0.4, 0.5) is 19.0 Å². The Hall–Kier alpha value is -2.17. The fraction of sp³-hybridized carbons (Fsp3) is 0.118. The molecule has 0 atom stereocenters. The van der Waals surface area contributed by atoms with Crippen molar-refractivity contribution >= 4 is 39.2 Å². The van der Waals surface area contributed by atoms with E-state index in [9.17, 15) is 21.6 Å². The second kappa shape index (κ2) is 7.69.